The Bertz CT molecular complexity index is 1130. The van der Waals surface area contributed by atoms with E-state index in [0.717, 1.165) is 11.3 Å². The molecule has 4 aromatic rings. The number of hydrogen-bond acceptors (Lipinski definition) is 5. The molecule has 0 spiro atoms. The molecule has 6 heteroatoms. The third kappa shape index (κ3) is 3.11. The van der Waals surface area contributed by atoms with E-state index in [9.17, 15) is 4.79 Å². The van der Waals surface area contributed by atoms with E-state index in [1.54, 1.807) is 23.0 Å². The second kappa shape index (κ2) is 7.09. The summed E-state index contributed by atoms with van der Waals surface area (Å²) in [6.45, 7) is 1.99. The van der Waals surface area contributed by atoms with E-state index in [0.29, 0.717) is 27.6 Å². The summed E-state index contributed by atoms with van der Waals surface area (Å²) < 4.78 is 1.70. The molecule has 0 saturated carbocycles. The lowest BCUT2D eigenvalue weighted by atomic mass is 10.2. The van der Waals surface area contributed by atoms with Crippen LogP contribution in [0.15, 0.2) is 76.9 Å². The van der Waals surface area contributed by atoms with Crippen molar-refractivity contribution in [1.29, 1.82) is 0 Å². The summed E-state index contributed by atoms with van der Waals surface area (Å²) in [5, 5.41) is 1.27. The van der Waals surface area contributed by atoms with Crippen molar-refractivity contribution in [1.82, 2.24) is 19.5 Å². The topological polar surface area (TPSA) is 60.7 Å². The van der Waals surface area contributed by atoms with Gasteiger partial charge in [-0.05, 0) is 36.8 Å². The largest absolute Gasteiger partial charge is 0.268 e. The van der Waals surface area contributed by atoms with Crippen LogP contribution in [-0.2, 0) is 5.75 Å². The molecule has 26 heavy (non-hydrogen) atoms. The zero-order chi connectivity index (χ0) is 17.9. The molecule has 4 rings (SSSR count). The van der Waals surface area contributed by atoms with Gasteiger partial charge in [0.1, 0.15) is 5.82 Å². The summed E-state index contributed by atoms with van der Waals surface area (Å²) in [4.78, 5) is 26.4. The van der Waals surface area contributed by atoms with Crippen LogP contribution in [0.5, 0.6) is 0 Å². The molecular formula is C20H16N4OS. The normalized spacial score (nSPS) is 11.0. The van der Waals surface area contributed by atoms with Crippen LogP contribution in [0.2, 0.25) is 0 Å². The zero-order valence-corrected chi connectivity index (χ0v) is 15.0. The molecule has 0 bridgehead atoms. The van der Waals surface area contributed by atoms with Crippen molar-refractivity contribution in [2.75, 3.05) is 0 Å². The van der Waals surface area contributed by atoms with Crippen LogP contribution in [0.4, 0.5) is 0 Å². The zero-order valence-electron chi connectivity index (χ0n) is 14.2. The molecular weight excluding hydrogens is 344 g/mol. The molecule has 0 unspecified atom stereocenters. The van der Waals surface area contributed by atoms with Gasteiger partial charge in [0.2, 0.25) is 0 Å². The molecule has 0 saturated heterocycles. The Morgan fingerprint density at radius 3 is 2.50 bits per heavy atom. The van der Waals surface area contributed by atoms with Gasteiger partial charge in [0, 0.05) is 12.4 Å². The summed E-state index contributed by atoms with van der Waals surface area (Å²) in [7, 11) is 0. The highest BCUT2D eigenvalue weighted by atomic mass is 32.2. The monoisotopic (exact) mass is 360 g/mol. The van der Waals surface area contributed by atoms with Crippen molar-refractivity contribution in [3.8, 4) is 5.69 Å². The number of rotatable bonds is 4. The van der Waals surface area contributed by atoms with Crippen LogP contribution in [0.25, 0.3) is 16.6 Å². The Balaban J connectivity index is 1.88. The van der Waals surface area contributed by atoms with Crippen molar-refractivity contribution in [2.45, 2.75) is 17.8 Å². The molecule has 0 aliphatic heterocycles. The number of benzene rings is 2. The first kappa shape index (κ1) is 16.5. The van der Waals surface area contributed by atoms with Crippen LogP contribution in [-0.4, -0.2) is 19.5 Å². The van der Waals surface area contributed by atoms with Crippen molar-refractivity contribution in [2.24, 2.45) is 0 Å². The highest BCUT2D eigenvalue weighted by Crippen LogP contribution is 2.22. The van der Waals surface area contributed by atoms with E-state index in [4.69, 9.17) is 4.98 Å². The first-order valence-corrected chi connectivity index (χ1v) is 9.19. The number of thioether (sulfide) groups is 1. The number of fused-ring (bicyclic) bond motifs is 1. The van der Waals surface area contributed by atoms with Gasteiger partial charge in [-0.15, -0.1) is 0 Å². The smallest absolute Gasteiger partial charge is 0.265 e. The molecule has 5 nitrogen and oxygen atoms in total. The summed E-state index contributed by atoms with van der Waals surface area (Å²) in [5.74, 6) is 1.18. The van der Waals surface area contributed by atoms with Crippen LogP contribution in [0, 0.1) is 6.92 Å². The van der Waals surface area contributed by atoms with Crippen LogP contribution < -0.4 is 5.56 Å². The Labute approximate surface area is 154 Å². The second-order valence-corrected chi connectivity index (χ2v) is 6.73. The second-order valence-electron chi connectivity index (χ2n) is 5.79. The number of aromatic nitrogens is 4. The van der Waals surface area contributed by atoms with E-state index >= 15 is 0 Å². The third-order valence-electron chi connectivity index (χ3n) is 4.07. The Morgan fingerprint density at radius 1 is 0.962 bits per heavy atom. The molecule has 2 aromatic carbocycles. The van der Waals surface area contributed by atoms with Crippen molar-refractivity contribution in [3.63, 3.8) is 0 Å². The van der Waals surface area contributed by atoms with Gasteiger partial charge in [-0.3, -0.25) is 9.36 Å². The highest BCUT2D eigenvalue weighted by molar-refractivity contribution is 7.98. The maximum Gasteiger partial charge on any atom is 0.265 e. The van der Waals surface area contributed by atoms with Gasteiger partial charge in [0.05, 0.1) is 22.3 Å². The molecule has 2 aromatic heterocycles. The first-order valence-electron chi connectivity index (χ1n) is 8.20. The molecule has 2 heterocycles. The van der Waals surface area contributed by atoms with E-state index in [-0.39, 0.29) is 5.56 Å². The standard InChI is InChI=1S/C20H16N4OS/c1-14-7-2-5-10-17(14)24-18(13-26-20-21-11-6-12-22-20)23-16-9-4-3-8-15(16)19(24)25/h2-12H,13H2,1H3. The minimum absolute atomic E-state index is 0.0607. The van der Waals surface area contributed by atoms with Gasteiger partial charge in [-0.1, -0.05) is 42.1 Å². The van der Waals surface area contributed by atoms with Crippen LogP contribution in [0.3, 0.4) is 0 Å². The van der Waals surface area contributed by atoms with Crippen LogP contribution >= 0.6 is 11.8 Å². The van der Waals surface area contributed by atoms with Gasteiger partial charge in [0.15, 0.2) is 5.16 Å². The Hall–Kier alpha value is -2.99. The molecule has 0 fully saturated rings. The number of hydrogen-bond donors (Lipinski definition) is 0. The molecule has 0 atom stereocenters. The van der Waals surface area contributed by atoms with E-state index in [2.05, 4.69) is 9.97 Å². The lowest BCUT2D eigenvalue weighted by molar-refractivity contribution is 0.873. The Kier molecular flexibility index (Phi) is 4.50. The van der Waals surface area contributed by atoms with Crippen molar-refractivity contribution < 1.29 is 0 Å². The van der Waals surface area contributed by atoms with Gasteiger partial charge >= 0.3 is 0 Å². The average molecular weight is 360 g/mol. The lowest BCUT2D eigenvalue weighted by Crippen LogP contribution is -2.24. The van der Waals surface area contributed by atoms with Gasteiger partial charge in [-0.25, -0.2) is 15.0 Å². The summed E-state index contributed by atoms with van der Waals surface area (Å²) in [6, 6.07) is 17.1. The average Bonchev–Trinajstić information content (AvgIpc) is 2.68. The summed E-state index contributed by atoms with van der Waals surface area (Å²) in [6.07, 6.45) is 3.41. The molecule has 0 aliphatic rings. The van der Waals surface area contributed by atoms with E-state index in [1.807, 2.05) is 55.5 Å². The van der Waals surface area contributed by atoms with Gasteiger partial charge in [-0.2, -0.15) is 0 Å². The van der Waals surface area contributed by atoms with Gasteiger partial charge in [0.25, 0.3) is 5.56 Å². The summed E-state index contributed by atoms with van der Waals surface area (Å²) >= 11 is 1.46. The first-order chi connectivity index (χ1) is 12.7. The predicted octanol–water partition coefficient (Wildman–Crippen LogP) is 3.78. The third-order valence-corrected chi connectivity index (χ3v) is 4.95. The molecule has 128 valence electrons. The van der Waals surface area contributed by atoms with Crippen LogP contribution in [0.1, 0.15) is 11.4 Å². The minimum atomic E-state index is -0.0607. The predicted molar refractivity (Wildman–Crippen MR) is 104 cm³/mol. The minimum Gasteiger partial charge on any atom is -0.268 e. The lowest BCUT2D eigenvalue weighted by Gasteiger charge is -2.15. The molecule has 0 radical (unpaired) electrons. The quantitative estimate of drug-likeness (QED) is 0.409. The van der Waals surface area contributed by atoms with Crippen molar-refractivity contribution in [3.05, 3.63) is 88.7 Å². The SMILES string of the molecule is Cc1ccccc1-n1c(CSc2ncccn2)nc2ccccc2c1=O. The summed E-state index contributed by atoms with van der Waals surface area (Å²) in [5.41, 5.74) is 2.51. The fourth-order valence-corrected chi connectivity index (χ4v) is 3.55. The van der Waals surface area contributed by atoms with E-state index < -0.39 is 0 Å². The fraction of sp³-hybridized carbons (Fsp3) is 0.100. The molecule has 0 amide bonds. The highest BCUT2D eigenvalue weighted by Gasteiger charge is 2.14. The molecule has 0 aliphatic carbocycles. The molecule has 0 N–H and O–H groups in total. The maximum absolute atomic E-state index is 13.2. The maximum atomic E-state index is 13.2. The number of para-hydroxylation sites is 2. The number of aryl methyl sites for hydroxylation is 1. The van der Waals surface area contributed by atoms with E-state index in [1.165, 1.54) is 11.8 Å². The van der Waals surface area contributed by atoms with Crippen molar-refractivity contribution >= 4 is 22.7 Å². The number of nitrogens with zero attached hydrogens (tertiary/aromatic N) is 4. The Morgan fingerprint density at radius 2 is 1.69 bits per heavy atom. The van der Waals surface area contributed by atoms with Gasteiger partial charge < -0.3 is 0 Å². The fourth-order valence-electron chi connectivity index (χ4n) is 2.83.